The summed E-state index contributed by atoms with van der Waals surface area (Å²) in [6, 6.07) is 37.2. The first-order valence-corrected chi connectivity index (χ1v) is 18.2. The summed E-state index contributed by atoms with van der Waals surface area (Å²) in [5.74, 6) is 3.32. The molecule has 1 aliphatic rings. The molecule has 4 aromatic carbocycles. The van der Waals surface area contributed by atoms with Crippen molar-refractivity contribution in [3.05, 3.63) is 138 Å². The summed E-state index contributed by atoms with van der Waals surface area (Å²) in [6.07, 6.45) is 4.03. The minimum Gasteiger partial charge on any atom is -0.509 e. The van der Waals surface area contributed by atoms with E-state index in [0.717, 1.165) is 51.8 Å². The molecule has 0 amide bonds. The number of para-hydroxylation sites is 1. The van der Waals surface area contributed by atoms with E-state index in [4.69, 9.17) is 9.72 Å². The second-order valence-electron chi connectivity index (χ2n) is 15.8. The Bertz CT molecular complexity index is 2230. The van der Waals surface area contributed by atoms with Gasteiger partial charge in [-0.15, -0.1) is 48.1 Å². The Balaban J connectivity index is 0.00000464. The molecule has 0 unspecified atom stereocenters. The van der Waals surface area contributed by atoms with Crippen LogP contribution in [-0.4, -0.2) is 9.55 Å². The van der Waals surface area contributed by atoms with E-state index in [1.807, 2.05) is 24.4 Å². The Morgan fingerprint density at radius 2 is 1.40 bits per heavy atom. The number of nitrogens with zero attached hydrogens (tertiary/aromatic N) is 4. The van der Waals surface area contributed by atoms with Crippen LogP contribution in [0.3, 0.4) is 0 Å². The largest absolute Gasteiger partial charge is 0.509 e. The van der Waals surface area contributed by atoms with Gasteiger partial charge < -0.3 is 19.1 Å². The maximum absolute atomic E-state index is 6.52. The van der Waals surface area contributed by atoms with E-state index in [-0.39, 0.29) is 26.5 Å². The first-order chi connectivity index (χ1) is 24.4. The van der Waals surface area contributed by atoms with Gasteiger partial charge in [0.2, 0.25) is 0 Å². The van der Waals surface area contributed by atoms with Gasteiger partial charge in [0.05, 0.1) is 0 Å². The van der Waals surface area contributed by atoms with Gasteiger partial charge in [-0.2, -0.15) is 12.1 Å². The molecule has 0 saturated heterocycles. The number of fused-ring (bicyclic) bond motifs is 3. The van der Waals surface area contributed by atoms with Gasteiger partial charge in [-0.25, -0.2) is 4.98 Å². The van der Waals surface area contributed by atoms with E-state index in [2.05, 4.69) is 162 Å². The fourth-order valence-electron chi connectivity index (χ4n) is 7.13. The predicted molar refractivity (Wildman–Crippen MR) is 213 cm³/mol. The zero-order valence-electron chi connectivity index (χ0n) is 31.8. The summed E-state index contributed by atoms with van der Waals surface area (Å²) < 4.78 is 8.71. The van der Waals surface area contributed by atoms with Crippen LogP contribution >= 0.6 is 0 Å². The Morgan fingerprint density at radius 3 is 2.10 bits per heavy atom. The summed E-state index contributed by atoms with van der Waals surface area (Å²) in [5, 5.41) is 2.26. The van der Waals surface area contributed by atoms with Crippen LogP contribution in [0, 0.1) is 30.6 Å². The molecule has 0 N–H and O–H groups in total. The van der Waals surface area contributed by atoms with Crippen LogP contribution in [0.5, 0.6) is 11.5 Å². The van der Waals surface area contributed by atoms with Crippen molar-refractivity contribution >= 4 is 33.2 Å². The van der Waals surface area contributed by atoms with E-state index in [9.17, 15) is 0 Å². The quantitative estimate of drug-likeness (QED) is 0.136. The molecule has 7 rings (SSSR count). The van der Waals surface area contributed by atoms with E-state index < -0.39 is 0 Å². The molecule has 3 heterocycles. The molecule has 1 aliphatic heterocycles. The third-order valence-electron chi connectivity index (χ3n) is 9.71. The Morgan fingerprint density at radius 1 is 0.731 bits per heavy atom. The molecule has 0 radical (unpaired) electrons. The molecule has 2 aromatic heterocycles. The van der Waals surface area contributed by atoms with E-state index in [1.165, 1.54) is 28.1 Å². The zero-order valence-corrected chi connectivity index (χ0v) is 34.1. The van der Waals surface area contributed by atoms with Gasteiger partial charge in [0.1, 0.15) is 5.82 Å². The Hall–Kier alpha value is -4.34. The van der Waals surface area contributed by atoms with Crippen molar-refractivity contribution in [1.82, 2.24) is 9.55 Å². The number of rotatable bonds is 9. The summed E-state index contributed by atoms with van der Waals surface area (Å²) in [6.45, 7) is 22.4. The SMILES string of the molecule is CC1=C(C)N(c2cc(CC(C)C)cc(CC(C)C)c2)[CH-]N1c1[c-]c(Oc2[c-]c3c(cc2)c2ccccc2n3-c2cc(C(C)(C)C)ccn2)ccc1.[Pt]. The minimum atomic E-state index is -0.000330. The van der Waals surface area contributed by atoms with Crippen molar-refractivity contribution in [3.8, 4) is 17.3 Å². The third-order valence-corrected chi connectivity index (χ3v) is 9.71. The minimum absolute atomic E-state index is 0. The molecule has 0 saturated carbocycles. The smallest absolute Gasteiger partial charge is 0.135 e. The van der Waals surface area contributed by atoms with Crippen molar-refractivity contribution in [2.24, 2.45) is 11.8 Å². The van der Waals surface area contributed by atoms with Crippen molar-refractivity contribution in [2.45, 2.75) is 80.6 Å². The number of hydrogen-bond donors (Lipinski definition) is 0. The van der Waals surface area contributed by atoms with Crippen LogP contribution < -0.4 is 14.5 Å². The van der Waals surface area contributed by atoms with Crippen molar-refractivity contribution in [1.29, 1.82) is 0 Å². The van der Waals surface area contributed by atoms with E-state index in [1.54, 1.807) is 0 Å². The molecule has 272 valence electrons. The molecule has 0 aliphatic carbocycles. The van der Waals surface area contributed by atoms with Gasteiger partial charge in [0.15, 0.2) is 0 Å². The van der Waals surface area contributed by atoms with Crippen LogP contribution in [0.2, 0.25) is 0 Å². The molecule has 0 atom stereocenters. The van der Waals surface area contributed by atoms with Crippen LogP contribution in [-0.2, 0) is 39.3 Å². The number of benzene rings is 4. The topological polar surface area (TPSA) is 33.5 Å². The summed E-state index contributed by atoms with van der Waals surface area (Å²) in [7, 11) is 0. The standard InChI is InChI=1S/C46H49N4O.Pt/c1-30(2)21-34-23-35(22-31(3)4)25-38(24-34)49-29-48(32(5)33(49)6)37-13-12-14-39(27-37)51-40-17-18-42-41-15-10-11-16-43(41)50(44(42)28-40)45-26-36(19-20-47-45)46(7,8)9;/h10-20,23-26,29-31H,21-22H2,1-9H3;/q-3;. The summed E-state index contributed by atoms with van der Waals surface area (Å²) >= 11 is 0. The molecule has 5 nitrogen and oxygen atoms in total. The van der Waals surface area contributed by atoms with Crippen LogP contribution in [0.15, 0.2) is 103 Å². The van der Waals surface area contributed by atoms with Gasteiger partial charge in [-0.05, 0) is 96.3 Å². The van der Waals surface area contributed by atoms with E-state index >= 15 is 0 Å². The normalized spacial score (nSPS) is 13.6. The van der Waals surface area contributed by atoms with Gasteiger partial charge in [0, 0.05) is 61.4 Å². The van der Waals surface area contributed by atoms with Crippen LogP contribution in [0.1, 0.15) is 79.0 Å². The number of aromatic nitrogens is 2. The summed E-state index contributed by atoms with van der Waals surface area (Å²) in [4.78, 5) is 9.34. The first kappa shape index (κ1) is 37.4. The zero-order chi connectivity index (χ0) is 36.0. The van der Waals surface area contributed by atoms with E-state index in [0.29, 0.717) is 23.3 Å². The van der Waals surface area contributed by atoms with Gasteiger partial charge in [-0.1, -0.05) is 78.2 Å². The second-order valence-corrected chi connectivity index (χ2v) is 15.8. The van der Waals surface area contributed by atoms with Crippen LogP contribution in [0.25, 0.3) is 27.6 Å². The number of allylic oxidation sites excluding steroid dienone is 2. The van der Waals surface area contributed by atoms with Gasteiger partial charge in [0.25, 0.3) is 0 Å². The third kappa shape index (κ3) is 7.57. The van der Waals surface area contributed by atoms with Gasteiger partial charge >= 0.3 is 0 Å². The molecule has 52 heavy (non-hydrogen) atoms. The maximum Gasteiger partial charge on any atom is 0.135 e. The Kier molecular flexibility index (Phi) is 10.8. The number of ether oxygens (including phenoxy) is 1. The first-order valence-electron chi connectivity index (χ1n) is 18.2. The maximum atomic E-state index is 6.52. The number of hydrogen-bond acceptors (Lipinski definition) is 4. The molecular formula is C46H49N4OPt-3. The predicted octanol–water partition coefficient (Wildman–Crippen LogP) is 12.0. The van der Waals surface area contributed by atoms with Crippen molar-refractivity contribution in [3.63, 3.8) is 0 Å². The number of pyridine rings is 1. The monoisotopic (exact) mass is 868 g/mol. The second kappa shape index (κ2) is 15.0. The Labute approximate surface area is 324 Å². The molecule has 6 aromatic rings. The fraction of sp³-hybridized carbons (Fsp3) is 0.304. The fourth-order valence-corrected chi connectivity index (χ4v) is 7.13. The number of anilines is 2. The van der Waals surface area contributed by atoms with Crippen molar-refractivity contribution in [2.75, 3.05) is 9.80 Å². The average molecular weight is 869 g/mol. The van der Waals surface area contributed by atoms with Crippen molar-refractivity contribution < 1.29 is 25.8 Å². The molecule has 0 fully saturated rings. The molecule has 0 bridgehead atoms. The summed E-state index contributed by atoms with van der Waals surface area (Å²) in [5.41, 5.74) is 10.5. The average Bonchev–Trinajstić information content (AvgIpc) is 3.57. The molecule has 0 spiro atoms. The van der Waals surface area contributed by atoms with Crippen LogP contribution in [0.4, 0.5) is 11.4 Å². The molecule has 6 heteroatoms. The molecular weight excluding hydrogens is 820 g/mol. The van der Waals surface area contributed by atoms with Gasteiger partial charge in [-0.3, -0.25) is 0 Å².